The molecule has 278 valence electrons. The highest BCUT2D eigenvalue weighted by Crippen LogP contribution is 2.43. The molecule has 0 amide bonds. The number of allylic oxidation sites excluding steroid dienone is 8. The van der Waals surface area contributed by atoms with Crippen LogP contribution in [0, 0.1) is 0 Å². The SMILES string of the molecule is CC/C=C/C/C=C/C/C=C/CCCCCCCC(=O)O[C@H](COC(=O)CCCCCCC/C=C/CCCCC)COP(=O)(O)OCCN. The van der Waals surface area contributed by atoms with Crippen LogP contribution in [0.1, 0.15) is 149 Å². The Morgan fingerprint density at radius 2 is 1.15 bits per heavy atom. The van der Waals surface area contributed by atoms with E-state index in [2.05, 4.69) is 62.5 Å². The minimum Gasteiger partial charge on any atom is -0.462 e. The Morgan fingerprint density at radius 3 is 1.73 bits per heavy atom. The summed E-state index contributed by atoms with van der Waals surface area (Å²) in [5.41, 5.74) is 5.32. The fourth-order valence-corrected chi connectivity index (χ4v) is 5.47. The lowest BCUT2D eigenvalue weighted by Gasteiger charge is -2.19. The van der Waals surface area contributed by atoms with E-state index in [9.17, 15) is 19.0 Å². The van der Waals surface area contributed by atoms with Gasteiger partial charge in [-0.15, -0.1) is 0 Å². The van der Waals surface area contributed by atoms with Crippen LogP contribution < -0.4 is 5.73 Å². The van der Waals surface area contributed by atoms with E-state index in [-0.39, 0.29) is 32.6 Å². The Labute approximate surface area is 292 Å². The number of rotatable bonds is 34. The highest BCUT2D eigenvalue weighted by Gasteiger charge is 2.25. The zero-order valence-corrected chi connectivity index (χ0v) is 31.1. The van der Waals surface area contributed by atoms with Gasteiger partial charge in [0.1, 0.15) is 6.61 Å². The number of unbranched alkanes of at least 4 members (excludes halogenated alkanes) is 13. The number of esters is 2. The van der Waals surface area contributed by atoms with Gasteiger partial charge in [0.15, 0.2) is 6.10 Å². The number of hydrogen-bond donors (Lipinski definition) is 2. The van der Waals surface area contributed by atoms with Gasteiger partial charge < -0.3 is 20.1 Å². The molecule has 0 spiro atoms. The summed E-state index contributed by atoms with van der Waals surface area (Å²) < 4.78 is 32.6. The molecule has 2 atom stereocenters. The van der Waals surface area contributed by atoms with E-state index in [0.29, 0.717) is 6.42 Å². The van der Waals surface area contributed by atoms with Gasteiger partial charge in [-0.1, -0.05) is 114 Å². The topological polar surface area (TPSA) is 134 Å². The minimum atomic E-state index is -4.38. The van der Waals surface area contributed by atoms with Crippen LogP contribution in [0.3, 0.4) is 0 Å². The van der Waals surface area contributed by atoms with E-state index in [1.165, 1.54) is 25.7 Å². The summed E-state index contributed by atoms with van der Waals surface area (Å²) in [5, 5.41) is 0. The number of hydrogen-bond acceptors (Lipinski definition) is 8. The molecule has 0 aromatic heterocycles. The lowest BCUT2D eigenvalue weighted by Crippen LogP contribution is -2.29. The van der Waals surface area contributed by atoms with Crippen molar-refractivity contribution in [2.24, 2.45) is 5.73 Å². The van der Waals surface area contributed by atoms with Crippen LogP contribution in [0.15, 0.2) is 48.6 Å². The minimum absolute atomic E-state index is 0.0475. The standard InChI is InChI=1S/C38H68NO8P/c1-3-5-7-9-11-13-15-17-18-19-21-23-25-27-29-31-38(41)47-36(35-46-48(42,43)45-33-32-39)34-44-37(40)30-28-26-24-22-20-16-14-12-10-8-6-4-2/h5,7,11-14,17-18,36H,3-4,6,8-10,15-16,19-35,39H2,1-2H3,(H,42,43)/b7-5+,13-11+,14-12+,18-17+/t36-/m1/s1. The summed E-state index contributed by atoms with van der Waals surface area (Å²) in [5.74, 6) is -0.865. The van der Waals surface area contributed by atoms with Gasteiger partial charge in [0.2, 0.25) is 0 Å². The summed E-state index contributed by atoms with van der Waals surface area (Å²) in [4.78, 5) is 34.7. The Bertz CT molecular complexity index is 934. The maximum absolute atomic E-state index is 12.5. The number of nitrogens with two attached hydrogens (primary N) is 1. The third kappa shape index (κ3) is 33.9. The molecule has 0 radical (unpaired) electrons. The van der Waals surface area contributed by atoms with Crippen LogP contribution in [0.4, 0.5) is 0 Å². The maximum Gasteiger partial charge on any atom is 0.472 e. The largest absolute Gasteiger partial charge is 0.472 e. The molecule has 0 aromatic rings. The Kier molecular flexibility index (Phi) is 33.3. The molecular weight excluding hydrogens is 629 g/mol. The number of phosphoric acid groups is 1. The quantitative estimate of drug-likeness (QED) is 0.0291. The molecule has 0 aliphatic carbocycles. The molecule has 48 heavy (non-hydrogen) atoms. The molecule has 0 saturated carbocycles. The number of ether oxygens (including phenoxy) is 2. The van der Waals surface area contributed by atoms with Gasteiger partial charge >= 0.3 is 19.8 Å². The van der Waals surface area contributed by atoms with Crippen molar-refractivity contribution in [3.63, 3.8) is 0 Å². The van der Waals surface area contributed by atoms with Crippen molar-refractivity contribution in [1.82, 2.24) is 0 Å². The summed E-state index contributed by atoms with van der Waals surface area (Å²) in [6, 6.07) is 0. The van der Waals surface area contributed by atoms with Gasteiger partial charge in [0, 0.05) is 19.4 Å². The van der Waals surface area contributed by atoms with Crippen molar-refractivity contribution in [3.05, 3.63) is 48.6 Å². The van der Waals surface area contributed by atoms with E-state index in [1.807, 2.05) is 0 Å². The first-order valence-electron chi connectivity index (χ1n) is 18.6. The molecule has 9 nitrogen and oxygen atoms in total. The lowest BCUT2D eigenvalue weighted by atomic mass is 10.1. The summed E-state index contributed by atoms with van der Waals surface area (Å²) >= 11 is 0. The van der Waals surface area contributed by atoms with Crippen LogP contribution in [-0.4, -0.2) is 49.3 Å². The zero-order valence-electron chi connectivity index (χ0n) is 30.2. The number of carbonyl (C=O) groups excluding carboxylic acids is 2. The molecule has 0 heterocycles. The normalized spacial score (nSPS) is 14.0. The smallest absolute Gasteiger partial charge is 0.462 e. The van der Waals surface area contributed by atoms with Gasteiger partial charge in [-0.3, -0.25) is 18.6 Å². The van der Waals surface area contributed by atoms with Crippen molar-refractivity contribution >= 4 is 19.8 Å². The number of carbonyl (C=O) groups is 2. The van der Waals surface area contributed by atoms with Crippen LogP contribution in [0.25, 0.3) is 0 Å². The summed E-state index contributed by atoms with van der Waals surface area (Å²) in [6.45, 7) is 3.54. The van der Waals surface area contributed by atoms with E-state index in [0.717, 1.165) is 89.9 Å². The van der Waals surface area contributed by atoms with Crippen molar-refractivity contribution in [2.75, 3.05) is 26.4 Å². The summed E-state index contributed by atoms with van der Waals surface area (Å²) in [7, 11) is -4.38. The first-order chi connectivity index (χ1) is 23.3. The van der Waals surface area contributed by atoms with Crippen LogP contribution in [0.5, 0.6) is 0 Å². The molecule has 0 saturated heterocycles. The molecule has 0 bridgehead atoms. The van der Waals surface area contributed by atoms with Gasteiger partial charge in [-0.2, -0.15) is 0 Å². The van der Waals surface area contributed by atoms with E-state index in [1.54, 1.807) is 0 Å². The Hall–Kier alpha value is -2.03. The van der Waals surface area contributed by atoms with E-state index in [4.69, 9.17) is 24.3 Å². The predicted octanol–water partition coefficient (Wildman–Crippen LogP) is 9.99. The van der Waals surface area contributed by atoms with Gasteiger partial charge in [-0.05, 0) is 70.6 Å². The molecule has 1 unspecified atom stereocenters. The molecule has 0 fully saturated rings. The van der Waals surface area contributed by atoms with Crippen LogP contribution in [-0.2, 0) is 32.7 Å². The van der Waals surface area contributed by atoms with Gasteiger partial charge in [0.25, 0.3) is 0 Å². The molecule has 3 N–H and O–H groups in total. The van der Waals surface area contributed by atoms with Crippen LogP contribution >= 0.6 is 7.82 Å². The van der Waals surface area contributed by atoms with Crippen molar-refractivity contribution in [1.29, 1.82) is 0 Å². The average Bonchev–Trinajstić information content (AvgIpc) is 3.07. The second-order valence-electron chi connectivity index (χ2n) is 12.1. The third-order valence-electron chi connectivity index (χ3n) is 7.45. The molecule has 0 rings (SSSR count). The van der Waals surface area contributed by atoms with Crippen molar-refractivity contribution < 1.29 is 37.6 Å². The van der Waals surface area contributed by atoms with Crippen molar-refractivity contribution in [3.8, 4) is 0 Å². The monoisotopic (exact) mass is 697 g/mol. The maximum atomic E-state index is 12.5. The van der Waals surface area contributed by atoms with E-state index < -0.39 is 32.5 Å². The van der Waals surface area contributed by atoms with Crippen molar-refractivity contribution in [2.45, 2.75) is 155 Å². The molecular formula is C38H68NO8P. The van der Waals surface area contributed by atoms with Gasteiger partial charge in [0.05, 0.1) is 13.2 Å². The third-order valence-corrected chi connectivity index (χ3v) is 8.43. The van der Waals surface area contributed by atoms with Gasteiger partial charge in [-0.25, -0.2) is 4.57 Å². The fraction of sp³-hybridized carbons (Fsp3) is 0.737. The highest BCUT2D eigenvalue weighted by molar-refractivity contribution is 7.47. The second-order valence-corrected chi connectivity index (χ2v) is 13.5. The zero-order chi connectivity index (χ0) is 35.4. The van der Waals surface area contributed by atoms with Crippen LogP contribution in [0.2, 0.25) is 0 Å². The van der Waals surface area contributed by atoms with E-state index >= 15 is 0 Å². The second kappa shape index (κ2) is 34.8. The first-order valence-corrected chi connectivity index (χ1v) is 20.1. The predicted molar refractivity (Wildman–Crippen MR) is 196 cm³/mol. The molecule has 10 heteroatoms. The highest BCUT2D eigenvalue weighted by atomic mass is 31.2. The molecule has 0 aromatic carbocycles. The lowest BCUT2D eigenvalue weighted by molar-refractivity contribution is -0.161. The fourth-order valence-electron chi connectivity index (χ4n) is 4.70. The Morgan fingerprint density at radius 1 is 0.646 bits per heavy atom. The molecule has 0 aliphatic heterocycles. The number of phosphoric ester groups is 1. The first kappa shape index (κ1) is 46.0. The molecule has 0 aliphatic rings. The Balaban J connectivity index is 4.29. The summed E-state index contributed by atoms with van der Waals surface area (Å²) in [6.07, 6.45) is 37.1. The average molecular weight is 698 g/mol.